The van der Waals surface area contributed by atoms with Gasteiger partial charge >= 0.3 is 0 Å². The topological polar surface area (TPSA) is 68.0 Å². The zero-order chi connectivity index (χ0) is 16.2. The third-order valence-electron chi connectivity index (χ3n) is 4.40. The van der Waals surface area contributed by atoms with Crippen LogP contribution in [-0.2, 0) is 6.42 Å². The molecule has 5 heteroatoms. The summed E-state index contributed by atoms with van der Waals surface area (Å²) in [7, 11) is 0. The van der Waals surface area contributed by atoms with E-state index in [1.165, 1.54) is 31.2 Å². The van der Waals surface area contributed by atoms with Crippen LogP contribution in [0.2, 0.25) is 0 Å². The first-order chi connectivity index (χ1) is 11.1. The van der Waals surface area contributed by atoms with Gasteiger partial charge in [0, 0.05) is 18.2 Å². The number of nitrogens with zero attached hydrogens (tertiary/aromatic N) is 1. The SMILES string of the molecule is Cc1nc(C2CCCC2)sc1C(=O)NCCc1ccc(N)cc1. The summed E-state index contributed by atoms with van der Waals surface area (Å²) < 4.78 is 0. The van der Waals surface area contributed by atoms with Gasteiger partial charge in [0.25, 0.3) is 5.91 Å². The van der Waals surface area contributed by atoms with Crippen molar-refractivity contribution < 1.29 is 4.79 Å². The lowest BCUT2D eigenvalue weighted by Gasteiger charge is -2.05. The Balaban J connectivity index is 1.56. The summed E-state index contributed by atoms with van der Waals surface area (Å²) in [5.41, 5.74) is 8.47. The van der Waals surface area contributed by atoms with Gasteiger partial charge in [-0.1, -0.05) is 25.0 Å². The van der Waals surface area contributed by atoms with E-state index in [0.717, 1.165) is 27.7 Å². The van der Waals surface area contributed by atoms with E-state index < -0.39 is 0 Å². The Hall–Kier alpha value is -1.88. The number of carbonyl (C=O) groups excluding carboxylic acids is 1. The first kappa shape index (κ1) is 16.0. The normalized spacial score (nSPS) is 15.0. The third kappa shape index (κ3) is 3.91. The highest BCUT2D eigenvalue weighted by atomic mass is 32.1. The molecule has 0 bridgehead atoms. The highest BCUT2D eigenvalue weighted by Gasteiger charge is 2.23. The zero-order valence-electron chi connectivity index (χ0n) is 13.5. The van der Waals surface area contributed by atoms with Gasteiger partial charge in [-0.25, -0.2) is 4.98 Å². The van der Waals surface area contributed by atoms with E-state index in [9.17, 15) is 4.79 Å². The summed E-state index contributed by atoms with van der Waals surface area (Å²) in [6, 6.07) is 7.77. The summed E-state index contributed by atoms with van der Waals surface area (Å²) in [4.78, 5) is 17.8. The van der Waals surface area contributed by atoms with Crippen LogP contribution in [0.3, 0.4) is 0 Å². The lowest BCUT2D eigenvalue weighted by Crippen LogP contribution is -2.25. The lowest BCUT2D eigenvalue weighted by atomic mass is 10.1. The first-order valence-corrected chi connectivity index (χ1v) is 9.05. The number of nitrogens with one attached hydrogen (secondary N) is 1. The van der Waals surface area contributed by atoms with Crippen LogP contribution in [0.15, 0.2) is 24.3 Å². The summed E-state index contributed by atoms with van der Waals surface area (Å²) >= 11 is 1.57. The van der Waals surface area contributed by atoms with Gasteiger partial charge in [0.15, 0.2) is 0 Å². The molecule has 0 saturated heterocycles. The van der Waals surface area contributed by atoms with E-state index in [1.807, 2.05) is 31.2 Å². The van der Waals surface area contributed by atoms with Crippen LogP contribution in [-0.4, -0.2) is 17.4 Å². The monoisotopic (exact) mass is 329 g/mol. The molecule has 1 aromatic heterocycles. The number of aromatic nitrogens is 1. The largest absolute Gasteiger partial charge is 0.399 e. The van der Waals surface area contributed by atoms with E-state index >= 15 is 0 Å². The molecule has 1 aliphatic carbocycles. The van der Waals surface area contributed by atoms with Gasteiger partial charge in [0.2, 0.25) is 0 Å². The summed E-state index contributed by atoms with van der Waals surface area (Å²) in [6.45, 7) is 2.56. The molecule has 1 aliphatic rings. The fourth-order valence-electron chi connectivity index (χ4n) is 3.06. The summed E-state index contributed by atoms with van der Waals surface area (Å²) in [6.07, 6.45) is 5.80. The maximum absolute atomic E-state index is 12.4. The first-order valence-electron chi connectivity index (χ1n) is 8.23. The Morgan fingerprint density at radius 2 is 2.00 bits per heavy atom. The quantitative estimate of drug-likeness (QED) is 0.823. The summed E-state index contributed by atoms with van der Waals surface area (Å²) in [5.74, 6) is 0.565. The molecule has 3 N–H and O–H groups in total. The lowest BCUT2D eigenvalue weighted by molar-refractivity contribution is 0.0957. The number of benzene rings is 1. The van der Waals surface area contributed by atoms with E-state index in [1.54, 1.807) is 11.3 Å². The maximum Gasteiger partial charge on any atom is 0.263 e. The highest BCUT2D eigenvalue weighted by molar-refractivity contribution is 7.13. The molecule has 2 aromatic rings. The molecule has 0 radical (unpaired) electrons. The van der Waals surface area contributed by atoms with Gasteiger partial charge in [-0.3, -0.25) is 4.79 Å². The summed E-state index contributed by atoms with van der Waals surface area (Å²) in [5, 5.41) is 4.15. The van der Waals surface area contributed by atoms with E-state index in [-0.39, 0.29) is 5.91 Å². The second-order valence-corrected chi connectivity index (χ2v) is 7.23. The number of amides is 1. The Kier molecular flexibility index (Phi) is 4.96. The van der Waals surface area contributed by atoms with Crippen LogP contribution in [0.1, 0.15) is 57.5 Å². The molecule has 1 aromatic carbocycles. The fourth-order valence-corrected chi connectivity index (χ4v) is 4.21. The maximum atomic E-state index is 12.4. The van der Waals surface area contributed by atoms with Crippen molar-refractivity contribution in [2.45, 2.75) is 44.9 Å². The number of hydrogen-bond acceptors (Lipinski definition) is 4. The molecular formula is C18H23N3OS. The van der Waals surface area contributed by atoms with Crippen LogP contribution >= 0.6 is 11.3 Å². The minimum absolute atomic E-state index is 0.000285. The average Bonchev–Trinajstić information content (AvgIpc) is 3.18. The molecule has 23 heavy (non-hydrogen) atoms. The Bertz CT molecular complexity index is 672. The van der Waals surface area contributed by atoms with Gasteiger partial charge in [-0.15, -0.1) is 11.3 Å². The number of nitrogen functional groups attached to an aromatic ring is 1. The molecule has 1 heterocycles. The van der Waals surface area contributed by atoms with E-state index in [2.05, 4.69) is 10.3 Å². The minimum atomic E-state index is -0.000285. The Morgan fingerprint density at radius 1 is 1.30 bits per heavy atom. The number of carbonyl (C=O) groups is 1. The van der Waals surface area contributed by atoms with Gasteiger partial charge in [0.1, 0.15) is 4.88 Å². The number of hydrogen-bond donors (Lipinski definition) is 2. The van der Waals surface area contributed by atoms with Crippen molar-refractivity contribution in [1.82, 2.24) is 10.3 Å². The molecular weight excluding hydrogens is 306 g/mol. The zero-order valence-corrected chi connectivity index (χ0v) is 14.3. The van der Waals surface area contributed by atoms with Crippen molar-refractivity contribution in [2.24, 2.45) is 0 Å². The number of aryl methyl sites for hydroxylation is 1. The van der Waals surface area contributed by atoms with Crippen molar-refractivity contribution in [1.29, 1.82) is 0 Å². The highest BCUT2D eigenvalue weighted by Crippen LogP contribution is 2.37. The smallest absolute Gasteiger partial charge is 0.263 e. The molecule has 4 nitrogen and oxygen atoms in total. The predicted octanol–water partition coefficient (Wildman–Crippen LogP) is 3.66. The number of thiazole rings is 1. The van der Waals surface area contributed by atoms with Gasteiger partial charge < -0.3 is 11.1 Å². The minimum Gasteiger partial charge on any atom is -0.399 e. The van der Waals surface area contributed by atoms with E-state index in [4.69, 9.17) is 5.73 Å². The van der Waals surface area contributed by atoms with Crippen molar-refractivity contribution in [3.8, 4) is 0 Å². The Morgan fingerprint density at radius 3 is 2.70 bits per heavy atom. The van der Waals surface area contributed by atoms with Crippen molar-refractivity contribution in [2.75, 3.05) is 12.3 Å². The number of anilines is 1. The Labute approximate surface area is 141 Å². The van der Waals surface area contributed by atoms with Crippen molar-refractivity contribution in [3.05, 3.63) is 45.4 Å². The molecule has 1 fully saturated rings. The van der Waals surface area contributed by atoms with Crippen molar-refractivity contribution in [3.63, 3.8) is 0 Å². The van der Waals surface area contributed by atoms with Crippen LogP contribution in [0.25, 0.3) is 0 Å². The third-order valence-corrected chi connectivity index (χ3v) is 5.72. The number of nitrogens with two attached hydrogens (primary N) is 1. The van der Waals surface area contributed by atoms with Crippen LogP contribution < -0.4 is 11.1 Å². The molecule has 0 atom stereocenters. The average molecular weight is 329 g/mol. The standard InChI is InChI=1S/C18H23N3OS/c1-12-16(23-18(21-12)14-4-2-3-5-14)17(22)20-11-10-13-6-8-15(19)9-7-13/h6-9,14H,2-5,10-11,19H2,1H3,(H,20,22). The van der Waals surface area contributed by atoms with Gasteiger partial charge in [-0.2, -0.15) is 0 Å². The molecule has 0 unspecified atom stereocenters. The second-order valence-electron chi connectivity index (χ2n) is 6.20. The van der Waals surface area contributed by atoms with Gasteiger partial charge in [0.05, 0.1) is 10.7 Å². The molecule has 0 spiro atoms. The second kappa shape index (κ2) is 7.13. The molecule has 3 rings (SSSR count). The predicted molar refractivity (Wildman–Crippen MR) is 95.0 cm³/mol. The molecule has 1 saturated carbocycles. The fraction of sp³-hybridized carbons (Fsp3) is 0.444. The molecule has 0 aliphatic heterocycles. The number of rotatable bonds is 5. The van der Waals surface area contributed by atoms with Crippen LogP contribution in [0, 0.1) is 6.92 Å². The van der Waals surface area contributed by atoms with Gasteiger partial charge in [-0.05, 0) is 43.9 Å². The van der Waals surface area contributed by atoms with Crippen molar-refractivity contribution >= 4 is 22.9 Å². The van der Waals surface area contributed by atoms with E-state index in [0.29, 0.717) is 12.5 Å². The van der Waals surface area contributed by atoms with Crippen LogP contribution in [0.5, 0.6) is 0 Å². The van der Waals surface area contributed by atoms with Crippen LogP contribution in [0.4, 0.5) is 5.69 Å². The molecule has 122 valence electrons. The molecule has 1 amide bonds.